The molecule has 0 aliphatic carbocycles. The van der Waals surface area contributed by atoms with Crippen LogP contribution in [0.1, 0.15) is 39.2 Å². The molecule has 1 saturated heterocycles. The van der Waals surface area contributed by atoms with Crippen molar-refractivity contribution in [3.8, 4) is 0 Å². The number of rotatable bonds is 4. The highest BCUT2D eigenvalue weighted by molar-refractivity contribution is 6.32. The Labute approximate surface area is 152 Å². The second-order valence-electron chi connectivity index (χ2n) is 6.90. The minimum atomic E-state index is -0.480. The Hall–Kier alpha value is -1.11. The molecule has 134 valence electrons. The third-order valence-electron chi connectivity index (χ3n) is 3.56. The first-order chi connectivity index (χ1) is 11.2. The molecule has 0 bridgehead atoms. The molecule has 1 atom stereocenters. The van der Waals surface area contributed by atoms with Crippen LogP contribution in [0.3, 0.4) is 0 Å². The minimum Gasteiger partial charge on any atom is -0.444 e. The van der Waals surface area contributed by atoms with Crippen LogP contribution in [0.25, 0.3) is 0 Å². The predicted molar refractivity (Wildman–Crippen MR) is 92.2 cm³/mol. The smallest absolute Gasteiger partial charge is 0.410 e. The molecule has 1 fully saturated rings. The van der Waals surface area contributed by atoms with Crippen molar-refractivity contribution >= 4 is 29.3 Å². The third kappa shape index (κ3) is 6.07. The first kappa shape index (κ1) is 19.2. The van der Waals surface area contributed by atoms with E-state index in [4.69, 9.17) is 32.7 Å². The Bertz CT molecular complexity index is 578. The number of nitrogens with zero attached hydrogens (tertiary/aromatic N) is 3. The van der Waals surface area contributed by atoms with Crippen molar-refractivity contribution in [2.24, 2.45) is 5.92 Å². The zero-order valence-corrected chi connectivity index (χ0v) is 15.7. The van der Waals surface area contributed by atoms with Gasteiger partial charge in [0.05, 0.1) is 13.2 Å². The number of ether oxygens (including phenoxy) is 2. The van der Waals surface area contributed by atoms with Crippen molar-refractivity contribution in [3.05, 3.63) is 22.2 Å². The summed E-state index contributed by atoms with van der Waals surface area (Å²) in [5.74, 6) is 0.276. The van der Waals surface area contributed by atoms with Crippen LogP contribution in [0.2, 0.25) is 10.4 Å². The molecule has 1 aliphatic heterocycles. The number of carbonyl (C=O) groups is 1. The van der Waals surface area contributed by atoms with Gasteiger partial charge < -0.3 is 14.4 Å². The number of carbonyl (C=O) groups excluding carboxylic acids is 1. The van der Waals surface area contributed by atoms with E-state index in [1.165, 1.54) is 0 Å². The molecule has 1 aromatic rings. The molecule has 0 spiro atoms. The molecule has 1 amide bonds. The highest BCUT2D eigenvalue weighted by Gasteiger charge is 2.27. The molecule has 2 rings (SSSR count). The zero-order valence-electron chi connectivity index (χ0n) is 14.2. The minimum absolute atomic E-state index is 0.115. The van der Waals surface area contributed by atoms with E-state index in [1.807, 2.05) is 20.8 Å². The van der Waals surface area contributed by atoms with E-state index < -0.39 is 5.60 Å². The van der Waals surface area contributed by atoms with Gasteiger partial charge in [-0.05, 0) is 45.2 Å². The van der Waals surface area contributed by atoms with Crippen LogP contribution in [0.4, 0.5) is 4.79 Å². The largest absolute Gasteiger partial charge is 0.444 e. The molecule has 24 heavy (non-hydrogen) atoms. The van der Waals surface area contributed by atoms with Gasteiger partial charge in [-0.2, -0.15) is 0 Å². The van der Waals surface area contributed by atoms with Crippen molar-refractivity contribution in [2.45, 2.75) is 45.8 Å². The van der Waals surface area contributed by atoms with Crippen molar-refractivity contribution < 1.29 is 14.3 Å². The standard InChI is InChI=1S/C16H23Cl2N3O3/c1-16(2,3)24-15(22)21-6-4-5-11(8-21)9-23-10-12-7-19-14(18)20-13(12)17/h7,11H,4-6,8-10H2,1-3H3/t11-/m1/s1. The van der Waals surface area contributed by atoms with Crippen LogP contribution in [-0.2, 0) is 16.1 Å². The Morgan fingerprint density at radius 1 is 1.42 bits per heavy atom. The van der Waals surface area contributed by atoms with Crippen LogP contribution >= 0.6 is 23.2 Å². The highest BCUT2D eigenvalue weighted by atomic mass is 35.5. The number of aromatic nitrogens is 2. The maximum atomic E-state index is 12.1. The normalized spacial score (nSPS) is 18.5. The second-order valence-corrected chi connectivity index (χ2v) is 7.60. The molecule has 0 unspecified atom stereocenters. The maximum Gasteiger partial charge on any atom is 0.410 e. The van der Waals surface area contributed by atoms with Crippen LogP contribution in [0.5, 0.6) is 0 Å². The average molecular weight is 376 g/mol. The monoisotopic (exact) mass is 375 g/mol. The number of hydrogen-bond donors (Lipinski definition) is 0. The summed E-state index contributed by atoms with van der Waals surface area (Å²) in [7, 11) is 0. The van der Waals surface area contributed by atoms with E-state index in [9.17, 15) is 4.79 Å². The number of piperidine rings is 1. The lowest BCUT2D eigenvalue weighted by Crippen LogP contribution is -2.43. The van der Waals surface area contributed by atoms with Gasteiger partial charge in [-0.3, -0.25) is 0 Å². The molecular weight excluding hydrogens is 353 g/mol. The Morgan fingerprint density at radius 3 is 2.83 bits per heavy atom. The number of hydrogen-bond acceptors (Lipinski definition) is 5. The Kier molecular flexibility index (Phi) is 6.66. The van der Waals surface area contributed by atoms with E-state index in [-0.39, 0.29) is 17.3 Å². The van der Waals surface area contributed by atoms with Crippen molar-refractivity contribution in [3.63, 3.8) is 0 Å². The Balaban J connectivity index is 1.79. The molecular formula is C16H23Cl2N3O3. The number of halogens is 2. The fourth-order valence-corrected chi connectivity index (χ4v) is 2.85. The lowest BCUT2D eigenvalue weighted by molar-refractivity contribution is 0.00590. The van der Waals surface area contributed by atoms with Gasteiger partial charge in [0, 0.05) is 30.8 Å². The van der Waals surface area contributed by atoms with E-state index in [0.717, 1.165) is 19.4 Å². The van der Waals surface area contributed by atoms with Crippen LogP contribution in [0, 0.1) is 5.92 Å². The van der Waals surface area contributed by atoms with E-state index in [0.29, 0.717) is 30.5 Å². The molecule has 1 aliphatic rings. The quantitative estimate of drug-likeness (QED) is 0.588. The summed E-state index contributed by atoms with van der Waals surface area (Å²) >= 11 is 11.7. The third-order valence-corrected chi connectivity index (χ3v) is 4.07. The summed E-state index contributed by atoms with van der Waals surface area (Å²) in [6.07, 6.45) is 3.26. The molecule has 8 heteroatoms. The van der Waals surface area contributed by atoms with Crippen LogP contribution < -0.4 is 0 Å². The molecule has 0 radical (unpaired) electrons. The van der Waals surface area contributed by atoms with Gasteiger partial charge in [0.15, 0.2) is 0 Å². The van der Waals surface area contributed by atoms with Crippen molar-refractivity contribution in [1.29, 1.82) is 0 Å². The van der Waals surface area contributed by atoms with Crippen LogP contribution in [0.15, 0.2) is 6.20 Å². The van der Waals surface area contributed by atoms with Crippen molar-refractivity contribution in [1.82, 2.24) is 14.9 Å². The first-order valence-corrected chi connectivity index (χ1v) is 8.73. The summed E-state index contributed by atoms with van der Waals surface area (Å²) in [5, 5.41) is 0.415. The van der Waals surface area contributed by atoms with Gasteiger partial charge in [-0.25, -0.2) is 14.8 Å². The average Bonchev–Trinajstić information content (AvgIpc) is 2.48. The highest BCUT2D eigenvalue weighted by Crippen LogP contribution is 2.21. The number of likely N-dealkylation sites (tertiary alicyclic amines) is 1. The topological polar surface area (TPSA) is 64.5 Å². The molecule has 2 heterocycles. The summed E-state index contributed by atoms with van der Waals surface area (Å²) in [6.45, 7) is 7.83. The molecule has 0 N–H and O–H groups in total. The fraction of sp³-hybridized carbons (Fsp3) is 0.688. The fourth-order valence-electron chi connectivity index (χ4n) is 2.49. The number of amides is 1. The lowest BCUT2D eigenvalue weighted by Gasteiger charge is -2.34. The molecule has 6 nitrogen and oxygen atoms in total. The second kappa shape index (κ2) is 8.32. The van der Waals surface area contributed by atoms with E-state index in [1.54, 1.807) is 11.1 Å². The Morgan fingerprint density at radius 2 is 2.17 bits per heavy atom. The summed E-state index contributed by atoms with van der Waals surface area (Å²) in [4.78, 5) is 21.7. The van der Waals surface area contributed by atoms with Crippen LogP contribution in [-0.4, -0.2) is 46.3 Å². The zero-order chi connectivity index (χ0) is 17.7. The first-order valence-electron chi connectivity index (χ1n) is 7.97. The summed E-state index contributed by atoms with van der Waals surface area (Å²) in [6, 6.07) is 0. The lowest BCUT2D eigenvalue weighted by atomic mass is 9.99. The SMILES string of the molecule is CC(C)(C)OC(=O)N1CCC[C@@H](COCc2cnc(Cl)nc2Cl)C1. The predicted octanol–water partition coefficient (Wildman–Crippen LogP) is 3.95. The maximum absolute atomic E-state index is 12.1. The van der Waals surface area contributed by atoms with Gasteiger partial charge in [-0.1, -0.05) is 11.6 Å². The molecule has 1 aromatic heterocycles. The molecule has 0 saturated carbocycles. The summed E-state index contributed by atoms with van der Waals surface area (Å²) in [5.41, 5.74) is 0.215. The summed E-state index contributed by atoms with van der Waals surface area (Å²) < 4.78 is 11.1. The molecule has 0 aromatic carbocycles. The van der Waals surface area contributed by atoms with Gasteiger partial charge in [0.25, 0.3) is 0 Å². The van der Waals surface area contributed by atoms with Gasteiger partial charge >= 0.3 is 6.09 Å². The van der Waals surface area contributed by atoms with E-state index >= 15 is 0 Å². The van der Waals surface area contributed by atoms with Gasteiger partial charge in [0.2, 0.25) is 5.28 Å². The van der Waals surface area contributed by atoms with Gasteiger partial charge in [-0.15, -0.1) is 0 Å². The van der Waals surface area contributed by atoms with Gasteiger partial charge in [0.1, 0.15) is 10.8 Å². The van der Waals surface area contributed by atoms with Crippen molar-refractivity contribution in [2.75, 3.05) is 19.7 Å². The van der Waals surface area contributed by atoms with E-state index in [2.05, 4.69) is 9.97 Å².